The molecule has 0 aliphatic rings. The second kappa shape index (κ2) is 4.58. The molecular weight excluding hydrogens is 255 g/mol. The number of anilines is 1. The Morgan fingerprint density at radius 2 is 2.46 bits per heavy atom. The molecule has 70 valence electrons. The first kappa shape index (κ1) is 10.5. The molecule has 5 heteroatoms. The lowest BCUT2D eigenvalue weighted by Gasteiger charge is -2.05. The molecule has 1 amide bonds. The highest BCUT2D eigenvalue weighted by Crippen LogP contribution is 2.16. The van der Waals surface area contributed by atoms with Crippen LogP contribution in [0.5, 0.6) is 0 Å². The smallest absolute Gasteiger partial charge is 0.240 e. The quantitative estimate of drug-likeness (QED) is 0.832. The molecule has 0 atom stereocenters. The van der Waals surface area contributed by atoms with Crippen LogP contribution in [0.1, 0.15) is 5.56 Å². The third kappa shape index (κ3) is 2.97. The number of hydrogen-bond acceptors (Lipinski definition) is 2. The molecule has 1 rings (SSSR count). The number of pyridine rings is 1. The number of carbonyl (C=O) groups excluding carboxylic acids is 1. The van der Waals surface area contributed by atoms with Gasteiger partial charge in [-0.2, -0.15) is 0 Å². The molecule has 1 aromatic rings. The van der Waals surface area contributed by atoms with Crippen LogP contribution in [0.25, 0.3) is 0 Å². The Kier molecular flexibility index (Phi) is 3.69. The van der Waals surface area contributed by atoms with E-state index in [1.165, 1.54) is 0 Å². The zero-order valence-electron chi connectivity index (χ0n) is 6.97. The average molecular weight is 264 g/mol. The number of hydrogen-bond donors (Lipinski definition) is 1. The minimum atomic E-state index is -0.250. The third-order valence-corrected chi connectivity index (χ3v) is 2.10. The van der Waals surface area contributed by atoms with Gasteiger partial charge in [-0.05, 0) is 34.5 Å². The van der Waals surface area contributed by atoms with E-state index < -0.39 is 0 Å². The first-order chi connectivity index (χ1) is 6.13. The molecular formula is C8H8BrClN2O. The van der Waals surface area contributed by atoms with Crippen molar-refractivity contribution >= 4 is 39.3 Å². The van der Waals surface area contributed by atoms with E-state index in [0.29, 0.717) is 5.82 Å². The lowest BCUT2D eigenvalue weighted by molar-refractivity contribution is -0.113. The molecule has 0 unspecified atom stereocenters. The van der Waals surface area contributed by atoms with E-state index in [2.05, 4.69) is 26.2 Å². The highest BCUT2D eigenvalue weighted by molar-refractivity contribution is 9.10. The van der Waals surface area contributed by atoms with Gasteiger partial charge in [0.15, 0.2) is 0 Å². The molecule has 13 heavy (non-hydrogen) atoms. The van der Waals surface area contributed by atoms with Crippen molar-refractivity contribution in [2.24, 2.45) is 0 Å². The Hall–Kier alpha value is -0.610. The summed E-state index contributed by atoms with van der Waals surface area (Å²) in [6.07, 6.45) is 1.62. The summed E-state index contributed by atoms with van der Waals surface area (Å²) in [5.41, 5.74) is 0.896. The van der Waals surface area contributed by atoms with Gasteiger partial charge in [-0.1, -0.05) is 0 Å². The molecule has 1 N–H and O–H groups in total. The summed E-state index contributed by atoms with van der Waals surface area (Å²) >= 11 is 8.61. The molecule has 0 spiro atoms. The van der Waals surface area contributed by atoms with Gasteiger partial charge >= 0.3 is 0 Å². The van der Waals surface area contributed by atoms with Crippen molar-refractivity contribution in [3.05, 3.63) is 22.3 Å². The fourth-order valence-electron chi connectivity index (χ4n) is 0.837. The van der Waals surface area contributed by atoms with Gasteiger partial charge in [-0.3, -0.25) is 4.79 Å². The van der Waals surface area contributed by atoms with Crippen molar-refractivity contribution in [1.29, 1.82) is 0 Å². The number of alkyl halides is 1. The van der Waals surface area contributed by atoms with E-state index in [1.54, 1.807) is 6.20 Å². The number of halogens is 2. The van der Waals surface area contributed by atoms with Crippen molar-refractivity contribution in [3.63, 3.8) is 0 Å². The molecule has 0 aromatic carbocycles. The molecule has 1 aromatic heterocycles. The number of nitrogens with zero attached hydrogens (tertiary/aromatic N) is 1. The average Bonchev–Trinajstić information content (AvgIpc) is 2.09. The Morgan fingerprint density at radius 3 is 3.00 bits per heavy atom. The highest BCUT2D eigenvalue weighted by atomic mass is 79.9. The van der Waals surface area contributed by atoms with Crippen molar-refractivity contribution in [2.45, 2.75) is 6.92 Å². The summed E-state index contributed by atoms with van der Waals surface area (Å²) in [5, 5.41) is 2.58. The van der Waals surface area contributed by atoms with Crippen LogP contribution < -0.4 is 5.32 Å². The summed E-state index contributed by atoms with van der Waals surface area (Å²) in [7, 11) is 0. The Labute approximate surface area is 89.6 Å². The number of nitrogens with one attached hydrogen (secondary N) is 1. The fraction of sp³-hybridized carbons (Fsp3) is 0.250. The van der Waals surface area contributed by atoms with Gasteiger partial charge in [-0.15, -0.1) is 11.6 Å². The zero-order valence-corrected chi connectivity index (χ0v) is 9.32. The summed E-state index contributed by atoms with van der Waals surface area (Å²) in [6, 6.07) is 1.87. The number of rotatable bonds is 2. The molecule has 0 aliphatic heterocycles. The maximum atomic E-state index is 10.9. The van der Waals surface area contributed by atoms with Crippen LogP contribution in [0.2, 0.25) is 0 Å². The van der Waals surface area contributed by atoms with E-state index in [1.807, 2.05) is 13.0 Å². The van der Waals surface area contributed by atoms with Crippen LogP contribution in [0.3, 0.4) is 0 Å². The van der Waals surface area contributed by atoms with Crippen LogP contribution in [-0.4, -0.2) is 16.8 Å². The van der Waals surface area contributed by atoms with Gasteiger partial charge in [-0.25, -0.2) is 4.98 Å². The summed E-state index contributed by atoms with van der Waals surface area (Å²) in [6.45, 7) is 1.86. The zero-order chi connectivity index (χ0) is 9.84. The second-order valence-corrected chi connectivity index (χ2v) is 3.68. The van der Waals surface area contributed by atoms with Gasteiger partial charge in [0.25, 0.3) is 0 Å². The Morgan fingerprint density at radius 1 is 1.77 bits per heavy atom. The van der Waals surface area contributed by atoms with Gasteiger partial charge < -0.3 is 5.32 Å². The standard InChI is InChI=1S/C8H8BrClN2O/c1-5-2-6(9)4-11-8(5)12-7(13)3-10/h2,4H,3H2,1H3,(H,11,12,13). The lowest BCUT2D eigenvalue weighted by atomic mass is 10.3. The van der Waals surface area contributed by atoms with Crippen molar-refractivity contribution < 1.29 is 4.79 Å². The van der Waals surface area contributed by atoms with Gasteiger partial charge in [0.2, 0.25) is 5.91 Å². The van der Waals surface area contributed by atoms with Crippen molar-refractivity contribution in [3.8, 4) is 0 Å². The van der Waals surface area contributed by atoms with E-state index in [4.69, 9.17) is 11.6 Å². The molecule has 0 radical (unpaired) electrons. The van der Waals surface area contributed by atoms with Crippen LogP contribution in [-0.2, 0) is 4.79 Å². The second-order valence-electron chi connectivity index (χ2n) is 2.50. The highest BCUT2D eigenvalue weighted by Gasteiger charge is 2.04. The Balaban J connectivity index is 2.83. The van der Waals surface area contributed by atoms with Crippen LogP contribution in [0.15, 0.2) is 16.7 Å². The monoisotopic (exact) mass is 262 g/mol. The molecule has 0 saturated heterocycles. The van der Waals surface area contributed by atoms with E-state index in [0.717, 1.165) is 10.0 Å². The molecule has 0 bridgehead atoms. The number of amides is 1. The summed E-state index contributed by atoms with van der Waals surface area (Å²) in [4.78, 5) is 15.0. The first-order valence-corrected chi connectivity index (χ1v) is 4.94. The molecule has 0 fully saturated rings. The predicted molar refractivity (Wildman–Crippen MR) is 56.0 cm³/mol. The number of carbonyl (C=O) groups is 1. The van der Waals surface area contributed by atoms with Gasteiger partial charge in [0.1, 0.15) is 11.7 Å². The first-order valence-electron chi connectivity index (χ1n) is 3.61. The normalized spacial score (nSPS) is 9.77. The van der Waals surface area contributed by atoms with Gasteiger partial charge in [0, 0.05) is 10.7 Å². The topological polar surface area (TPSA) is 42.0 Å². The number of aryl methyl sites for hydroxylation is 1. The van der Waals surface area contributed by atoms with E-state index in [9.17, 15) is 4.79 Å². The van der Waals surface area contributed by atoms with Crippen LogP contribution >= 0.6 is 27.5 Å². The van der Waals surface area contributed by atoms with Crippen LogP contribution in [0.4, 0.5) is 5.82 Å². The largest absolute Gasteiger partial charge is 0.309 e. The van der Waals surface area contributed by atoms with Crippen molar-refractivity contribution in [2.75, 3.05) is 11.2 Å². The maximum Gasteiger partial charge on any atom is 0.240 e. The molecule has 3 nitrogen and oxygen atoms in total. The predicted octanol–water partition coefficient (Wildman–Crippen LogP) is 2.33. The third-order valence-electron chi connectivity index (χ3n) is 1.42. The number of aromatic nitrogens is 1. The molecule has 1 heterocycles. The minimum Gasteiger partial charge on any atom is -0.309 e. The van der Waals surface area contributed by atoms with Crippen LogP contribution in [0, 0.1) is 6.92 Å². The summed E-state index contributed by atoms with van der Waals surface area (Å²) < 4.78 is 0.883. The van der Waals surface area contributed by atoms with E-state index >= 15 is 0 Å². The Bertz CT molecular complexity index is 330. The fourth-order valence-corrected chi connectivity index (χ4v) is 1.35. The van der Waals surface area contributed by atoms with Gasteiger partial charge in [0.05, 0.1) is 0 Å². The molecule has 0 aliphatic carbocycles. The minimum absolute atomic E-state index is 0.0583. The summed E-state index contributed by atoms with van der Waals surface area (Å²) in [5.74, 6) is 0.241. The molecule has 0 saturated carbocycles. The maximum absolute atomic E-state index is 10.9. The van der Waals surface area contributed by atoms with Crippen molar-refractivity contribution in [1.82, 2.24) is 4.98 Å². The van der Waals surface area contributed by atoms with E-state index in [-0.39, 0.29) is 11.8 Å². The lowest BCUT2D eigenvalue weighted by Crippen LogP contribution is -2.14. The SMILES string of the molecule is Cc1cc(Br)cnc1NC(=O)CCl.